The number of ether oxygens (including phenoxy) is 1. The number of fused-ring (bicyclic) bond motifs is 1. The van der Waals surface area contributed by atoms with E-state index in [1.807, 2.05) is 4.90 Å². The molecule has 0 aromatic carbocycles. The van der Waals surface area contributed by atoms with E-state index in [9.17, 15) is 4.79 Å². The summed E-state index contributed by atoms with van der Waals surface area (Å²) in [4.78, 5) is 24.3. The number of halogens is 1. The lowest BCUT2D eigenvalue weighted by Gasteiger charge is -2.26. The van der Waals surface area contributed by atoms with E-state index < -0.39 is 6.56 Å². The van der Waals surface area contributed by atoms with E-state index in [0.29, 0.717) is 37.4 Å². The van der Waals surface area contributed by atoms with Crippen LogP contribution in [0.2, 0.25) is 5.28 Å². The summed E-state index contributed by atoms with van der Waals surface area (Å²) >= 11 is 5.68. The molecule has 1 fully saturated rings. The van der Waals surface area contributed by atoms with Crippen LogP contribution in [0.5, 0.6) is 0 Å². The minimum absolute atomic E-state index is 0.0131. The molecule has 7 nitrogen and oxygen atoms in total. The second-order valence-corrected chi connectivity index (χ2v) is 4.59. The standard InChI is InChI=1S/C11H14ClN5O2/c12-11-14-9-8(10(18)15-11)17(7-13-9)2-1-16-3-5-19-6-4-16/h7H,1-6H2,(H,14,15,18)/i5D2. The van der Waals surface area contributed by atoms with Gasteiger partial charge in [0.1, 0.15) is 0 Å². The third-order valence-corrected chi connectivity index (χ3v) is 3.19. The van der Waals surface area contributed by atoms with Crippen LogP contribution in [0, 0.1) is 0 Å². The van der Waals surface area contributed by atoms with E-state index in [4.69, 9.17) is 19.1 Å². The second kappa shape index (κ2) is 5.28. The smallest absolute Gasteiger partial charge is 0.278 e. The van der Waals surface area contributed by atoms with E-state index >= 15 is 0 Å². The number of hydrogen-bond donors (Lipinski definition) is 1. The normalized spacial score (nSPS) is 21.3. The Morgan fingerprint density at radius 2 is 2.42 bits per heavy atom. The molecule has 1 N–H and O–H groups in total. The van der Waals surface area contributed by atoms with Gasteiger partial charge < -0.3 is 9.30 Å². The lowest BCUT2D eigenvalue weighted by molar-refractivity contribution is 0.0365. The summed E-state index contributed by atoms with van der Waals surface area (Å²) in [5.74, 6) is 0. The SMILES string of the molecule is [2H]C1([2H])CN(CCn2cnc3nc(Cl)[nH]c(=O)c32)CCO1. The number of nitrogens with zero attached hydrogens (tertiary/aromatic N) is 4. The highest BCUT2D eigenvalue weighted by molar-refractivity contribution is 6.28. The topological polar surface area (TPSA) is 76.0 Å². The van der Waals surface area contributed by atoms with Gasteiger partial charge in [0.15, 0.2) is 11.2 Å². The Morgan fingerprint density at radius 3 is 3.26 bits per heavy atom. The fourth-order valence-corrected chi connectivity index (χ4v) is 2.20. The molecule has 1 saturated heterocycles. The highest BCUT2D eigenvalue weighted by atomic mass is 35.5. The predicted octanol–water partition coefficient (Wildman–Crippen LogP) is 0.105. The zero-order chi connectivity index (χ0) is 15.0. The molecule has 1 aliphatic heterocycles. The second-order valence-electron chi connectivity index (χ2n) is 4.24. The minimum Gasteiger partial charge on any atom is -0.379 e. The first-order chi connectivity index (χ1) is 9.94. The molecule has 0 saturated carbocycles. The van der Waals surface area contributed by atoms with E-state index in [-0.39, 0.29) is 17.4 Å². The summed E-state index contributed by atoms with van der Waals surface area (Å²) in [6, 6.07) is 0. The Balaban J connectivity index is 1.75. The van der Waals surface area contributed by atoms with Gasteiger partial charge in [-0.05, 0) is 11.6 Å². The number of nitrogens with one attached hydrogen (secondary N) is 1. The van der Waals surface area contributed by atoms with Gasteiger partial charge in [0.25, 0.3) is 5.56 Å². The molecule has 3 rings (SSSR count). The molecule has 3 heterocycles. The summed E-state index contributed by atoms with van der Waals surface area (Å²) in [7, 11) is 0. The summed E-state index contributed by atoms with van der Waals surface area (Å²) in [5, 5.41) is 0.0131. The van der Waals surface area contributed by atoms with Gasteiger partial charge in [-0.3, -0.25) is 14.7 Å². The highest BCUT2D eigenvalue weighted by Gasteiger charge is 2.13. The van der Waals surface area contributed by atoms with E-state index in [0.717, 1.165) is 0 Å². The first-order valence-corrected chi connectivity index (χ1v) is 6.29. The molecule has 0 aliphatic carbocycles. The number of rotatable bonds is 3. The summed E-state index contributed by atoms with van der Waals surface area (Å²) in [6.07, 6.45) is 1.54. The van der Waals surface area contributed by atoms with Crippen LogP contribution in [0.15, 0.2) is 11.1 Å². The van der Waals surface area contributed by atoms with Gasteiger partial charge in [-0.2, -0.15) is 4.98 Å². The van der Waals surface area contributed by atoms with Crippen molar-refractivity contribution in [2.75, 3.05) is 32.8 Å². The summed E-state index contributed by atoms with van der Waals surface area (Å²) in [5.41, 5.74) is 0.344. The molecule has 0 unspecified atom stereocenters. The maximum absolute atomic E-state index is 11.9. The van der Waals surface area contributed by atoms with Gasteiger partial charge >= 0.3 is 0 Å². The van der Waals surface area contributed by atoms with Gasteiger partial charge in [0, 0.05) is 26.2 Å². The van der Waals surface area contributed by atoms with E-state index in [2.05, 4.69) is 15.0 Å². The van der Waals surface area contributed by atoms with Crippen LogP contribution in [-0.4, -0.2) is 57.2 Å². The van der Waals surface area contributed by atoms with Gasteiger partial charge in [0.2, 0.25) is 5.28 Å². The average Bonchev–Trinajstić information content (AvgIpc) is 2.78. The molecule has 0 bridgehead atoms. The Hall–Kier alpha value is -1.44. The van der Waals surface area contributed by atoms with Crippen molar-refractivity contribution in [3.05, 3.63) is 22.0 Å². The molecule has 2 aromatic heterocycles. The van der Waals surface area contributed by atoms with Crippen molar-refractivity contribution in [1.82, 2.24) is 24.4 Å². The Morgan fingerprint density at radius 1 is 1.53 bits per heavy atom. The molecule has 0 radical (unpaired) electrons. The Kier molecular flexibility index (Phi) is 2.88. The number of morpholine rings is 1. The lowest BCUT2D eigenvalue weighted by atomic mass is 10.4. The quantitative estimate of drug-likeness (QED) is 0.810. The third-order valence-electron chi connectivity index (χ3n) is 3.01. The summed E-state index contributed by atoms with van der Waals surface area (Å²) < 4.78 is 21.9. The van der Waals surface area contributed by atoms with Crippen LogP contribution < -0.4 is 5.56 Å². The minimum atomic E-state index is -1.62. The molecular formula is C11H14ClN5O2. The van der Waals surface area contributed by atoms with Gasteiger partial charge in [0.05, 0.1) is 22.2 Å². The van der Waals surface area contributed by atoms with Gasteiger partial charge in [-0.15, -0.1) is 0 Å². The highest BCUT2D eigenvalue weighted by Crippen LogP contribution is 2.08. The number of aromatic nitrogens is 4. The zero-order valence-electron chi connectivity index (χ0n) is 12.1. The van der Waals surface area contributed by atoms with Crippen LogP contribution in [0.4, 0.5) is 0 Å². The zero-order valence-corrected chi connectivity index (χ0v) is 10.9. The largest absolute Gasteiger partial charge is 0.379 e. The van der Waals surface area contributed by atoms with Crippen molar-refractivity contribution in [3.8, 4) is 0 Å². The number of imidazole rings is 1. The fourth-order valence-electron chi connectivity index (χ4n) is 2.03. The van der Waals surface area contributed by atoms with Crippen molar-refractivity contribution in [2.24, 2.45) is 0 Å². The molecule has 0 atom stereocenters. The van der Waals surface area contributed by atoms with Gasteiger partial charge in [-0.1, -0.05) is 0 Å². The van der Waals surface area contributed by atoms with Crippen LogP contribution in [0.1, 0.15) is 2.74 Å². The molecule has 0 spiro atoms. The lowest BCUT2D eigenvalue weighted by Crippen LogP contribution is -2.38. The van der Waals surface area contributed by atoms with Crippen LogP contribution in [0.25, 0.3) is 11.2 Å². The predicted molar refractivity (Wildman–Crippen MR) is 70.4 cm³/mol. The van der Waals surface area contributed by atoms with Crippen molar-refractivity contribution in [2.45, 2.75) is 6.54 Å². The molecule has 19 heavy (non-hydrogen) atoms. The molecule has 102 valence electrons. The van der Waals surface area contributed by atoms with Crippen molar-refractivity contribution < 1.29 is 7.48 Å². The van der Waals surface area contributed by atoms with Crippen LogP contribution >= 0.6 is 11.6 Å². The maximum Gasteiger partial charge on any atom is 0.278 e. The summed E-state index contributed by atoms with van der Waals surface area (Å²) in [6.45, 7) is 0.708. The van der Waals surface area contributed by atoms with Crippen LogP contribution in [0.3, 0.4) is 0 Å². The molecule has 8 heteroatoms. The first-order valence-electron chi connectivity index (χ1n) is 6.92. The average molecular weight is 286 g/mol. The van der Waals surface area contributed by atoms with Crippen LogP contribution in [-0.2, 0) is 11.3 Å². The van der Waals surface area contributed by atoms with Crippen molar-refractivity contribution in [1.29, 1.82) is 0 Å². The first kappa shape index (κ1) is 10.4. The van der Waals surface area contributed by atoms with E-state index in [1.54, 1.807) is 10.9 Å². The maximum atomic E-state index is 11.9. The molecule has 1 aliphatic rings. The Bertz CT molecular complexity index is 716. The Labute approximate surface area is 117 Å². The number of hydrogen-bond acceptors (Lipinski definition) is 5. The number of H-pyrrole nitrogens is 1. The van der Waals surface area contributed by atoms with E-state index in [1.165, 1.54) is 0 Å². The van der Waals surface area contributed by atoms with Gasteiger partial charge in [-0.25, -0.2) is 4.98 Å². The monoisotopic (exact) mass is 285 g/mol. The van der Waals surface area contributed by atoms with Crippen molar-refractivity contribution in [3.63, 3.8) is 0 Å². The molecular weight excluding hydrogens is 270 g/mol. The van der Waals surface area contributed by atoms with Crippen molar-refractivity contribution >= 4 is 22.8 Å². The molecule has 2 aromatic rings. The number of aromatic amines is 1. The third kappa shape index (κ3) is 2.63. The fraction of sp³-hybridized carbons (Fsp3) is 0.545. The molecule has 0 amide bonds.